The lowest BCUT2D eigenvalue weighted by Crippen LogP contribution is -2.14. The average Bonchev–Trinajstić information content (AvgIpc) is 3.11. The minimum atomic E-state index is 0.529. The number of fused-ring (bicyclic) bond motifs is 3. The van der Waals surface area contributed by atoms with Gasteiger partial charge in [0.25, 0.3) is 0 Å². The zero-order valence-corrected chi connectivity index (χ0v) is 13.9. The van der Waals surface area contributed by atoms with Gasteiger partial charge in [0.15, 0.2) is 11.5 Å². The Labute approximate surface area is 145 Å². The molecule has 0 bridgehead atoms. The van der Waals surface area contributed by atoms with Crippen LogP contribution in [0.5, 0.6) is 5.75 Å². The predicted molar refractivity (Wildman–Crippen MR) is 100 cm³/mol. The number of nitrogens with zero attached hydrogens (tertiary/aromatic N) is 3. The number of nitrogens with two attached hydrogens (primary N) is 1. The second-order valence-electron chi connectivity index (χ2n) is 5.68. The van der Waals surface area contributed by atoms with Gasteiger partial charge in [0.2, 0.25) is 0 Å². The number of imidazole rings is 1. The standard InChI is InChI=1S/C19H19N5O/c1-25-17-9-5-2-6-13(17)15-12-24-16-8-4-3-7-14(16)22-18(19(24)23-15)21-11-10-20/h2-9,12H,10-11,20H2,1H3,(H,21,22). The maximum Gasteiger partial charge on any atom is 0.181 e. The molecule has 25 heavy (non-hydrogen) atoms. The van der Waals surface area contributed by atoms with Crippen LogP contribution < -0.4 is 15.8 Å². The number of ether oxygens (including phenoxy) is 1. The molecule has 0 atom stereocenters. The van der Waals surface area contributed by atoms with E-state index in [1.165, 1.54) is 0 Å². The summed E-state index contributed by atoms with van der Waals surface area (Å²) in [6, 6.07) is 15.9. The molecule has 0 aliphatic carbocycles. The fraction of sp³-hybridized carbons (Fsp3) is 0.158. The quantitative estimate of drug-likeness (QED) is 0.587. The van der Waals surface area contributed by atoms with Gasteiger partial charge in [0, 0.05) is 24.8 Å². The summed E-state index contributed by atoms with van der Waals surface area (Å²) in [5, 5.41) is 3.27. The fourth-order valence-corrected chi connectivity index (χ4v) is 2.96. The van der Waals surface area contributed by atoms with Crippen molar-refractivity contribution in [3.05, 3.63) is 54.7 Å². The molecule has 6 nitrogen and oxygen atoms in total. The molecule has 0 saturated carbocycles. The first-order valence-corrected chi connectivity index (χ1v) is 8.17. The minimum absolute atomic E-state index is 0.529. The Balaban J connectivity index is 1.98. The number of benzene rings is 2. The van der Waals surface area contributed by atoms with Crippen molar-refractivity contribution in [2.75, 3.05) is 25.5 Å². The molecule has 126 valence electrons. The van der Waals surface area contributed by atoms with Crippen LogP contribution in [0.2, 0.25) is 0 Å². The molecule has 0 saturated heterocycles. The number of hydrogen-bond donors (Lipinski definition) is 2. The normalized spacial score (nSPS) is 11.1. The SMILES string of the molecule is COc1ccccc1-c1cn2c(n1)c(NCCN)nc1ccccc12. The summed E-state index contributed by atoms with van der Waals surface area (Å²) in [5.74, 6) is 1.52. The molecular weight excluding hydrogens is 314 g/mol. The van der Waals surface area contributed by atoms with Crippen LogP contribution in [0, 0.1) is 0 Å². The Morgan fingerprint density at radius 3 is 2.72 bits per heavy atom. The molecule has 0 amide bonds. The third-order valence-electron chi connectivity index (χ3n) is 4.11. The summed E-state index contributed by atoms with van der Waals surface area (Å²) < 4.78 is 7.54. The molecule has 0 fully saturated rings. The molecule has 4 aromatic rings. The molecule has 3 N–H and O–H groups in total. The summed E-state index contributed by atoms with van der Waals surface area (Å²) in [5.41, 5.74) is 10.1. The van der Waals surface area contributed by atoms with E-state index in [1.807, 2.05) is 54.7 Å². The molecule has 4 rings (SSSR count). The number of methoxy groups -OCH3 is 1. The summed E-state index contributed by atoms with van der Waals surface area (Å²) in [7, 11) is 1.67. The van der Waals surface area contributed by atoms with E-state index in [2.05, 4.69) is 9.72 Å². The highest BCUT2D eigenvalue weighted by atomic mass is 16.5. The van der Waals surface area contributed by atoms with Gasteiger partial charge in [-0.05, 0) is 24.3 Å². The molecule has 0 aliphatic rings. The molecule has 0 radical (unpaired) electrons. The molecule has 2 aromatic carbocycles. The van der Waals surface area contributed by atoms with Crippen molar-refractivity contribution in [1.29, 1.82) is 0 Å². The van der Waals surface area contributed by atoms with Crippen molar-refractivity contribution < 1.29 is 4.74 Å². The molecular formula is C19H19N5O. The smallest absolute Gasteiger partial charge is 0.181 e. The predicted octanol–water partition coefficient (Wildman–Crippen LogP) is 2.93. The van der Waals surface area contributed by atoms with Gasteiger partial charge in [-0.25, -0.2) is 9.97 Å². The van der Waals surface area contributed by atoms with Crippen molar-refractivity contribution in [2.45, 2.75) is 0 Å². The van der Waals surface area contributed by atoms with E-state index in [0.717, 1.165) is 39.5 Å². The third kappa shape index (κ3) is 2.66. The fourth-order valence-electron chi connectivity index (χ4n) is 2.96. The zero-order chi connectivity index (χ0) is 17.2. The summed E-state index contributed by atoms with van der Waals surface area (Å²) in [6.45, 7) is 1.17. The van der Waals surface area contributed by atoms with E-state index >= 15 is 0 Å². The van der Waals surface area contributed by atoms with E-state index in [4.69, 9.17) is 20.4 Å². The highest BCUT2D eigenvalue weighted by Crippen LogP contribution is 2.31. The van der Waals surface area contributed by atoms with Gasteiger partial charge in [0.1, 0.15) is 5.75 Å². The Bertz CT molecular complexity index is 1040. The van der Waals surface area contributed by atoms with Crippen molar-refractivity contribution in [2.24, 2.45) is 5.73 Å². The van der Waals surface area contributed by atoms with Gasteiger partial charge in [-0.15, -0.1) is 0 Å². The Morgan fingerprint density at radius 2 is 1.88 bits per heavy atom. The van der Waals surface area contributed by atoms with E-state index in [1.54, 1.807) is 7.11 Å². The van der Waals surface area contributed by atoms with Crippen LogP contribution in [0.15, 0.2) is 54.7 Å². The number of rotatable bonds is 5. The van der Waals surface area contributed by atoms with Crippen LogP contribution in [0.25, 0.3) is 27.9 Å². The van der Waals surface area contributed by atoms with Crippen LogP contribution in [0.3, 0.4) is 0 Å². The zero-order valence-electron chi connectivity index (χ0n) is 13.9. The first-order valence-electron chi connectivity index (χ1n) is 8.17. The number of aromatic nitrogens is 3. The van der Waals surface area contributed by atoms with Crippen LogP contribution in [-0.4, -0.2) is 34.6 Å². The topological polar surface area (TPSA) is 77.5 Å². The van der Waals surface area contributed by atoms with Crippen LogP contribution in [0.4, 0.5) is 5.82 Å². The Morgan fingerprint density at radius 1 is 1.08 bits per heavy atom. The molecule has 0 aliphatic heterocycles. The lowest BCUT2D eigenvalue weighted by molar-refractivity contribution is 0.416. The number of para-hydroxylation sites is 3. The maximum atomic E-state index is 5.63. The number of anilines is 1. The second-order valence-corrected chi connectivity index (χ2v) is 5.68. The van der Waals surface area contributed by atoms with Gasteiger partial charge >= 0.3 is 0 Å². The third-order valence-corrected chi connectivity index (χ3v) is 4.11. The van der Waals surface area contributed by atoms with Crippen molar-refractivity contribution in [3.8, 4) is 17.0 Å². The average molecular weight is 333 g/mol. The van der Waals surface area contributed by atoms with Gasteiger partial charge < -0.3 is 15.8 Å². The monoisotopic (exact) mass is 333 g/mol. The Hall–Kier alpha value is -3.12. The molecule has 2 heterocycles. The van der Waals surface area contributed by atoms with Crippen LogP contribution >= 0.6 is 0 Å². The van der Waals surface area contributed by atoms with Crippen molar-refractivity contribution >= 4 is 22.5 Å². The lowest BCUT2D eigenvalue weighted by Gasteiger charge is -2.08. The lowest BCUT2D eigenvalue weighted by atomic mass is 10.1. The summed E-state index contributed by atoms with van der Waals surface area (Å²) in [6.07, 6.45) is 2.02. The van der Waals surface area contributed by atoms with Crippen LogP contribution in [0.1, 0.15) is 0 Å². The van der Waals surface area contributed by atoms with Crippen molar-refractivity contribution in [1.82, 2.24) is 14.4 Å². The Kier molecular flexibility index (Phi) is 3.95. The van der Waals surface area contributed by atoms with E-state index < -0.39 is 0 Å². The van der Waals surface area contributed by atoms with E-state index in [-0.39, 0.29) is 0 Å². The van der Waals surface area contributed by atoms with Gasteiger partial charge in [-0.3, -0.25) is 4.40 Å². The maximum absolute atomic E-state index is 5.63. The van der Waals surface area contributed by atoms with E-state index in [0.29, 0.717) is 13.1 Å². The van der Waals surface area contributed by atoms with E-state index in [9.17, 15) is 0 Å². The summed E-state index contributed by atoms with van der Waals surface area (Å²) >= 11 is 0. The minimum Gasteiger partial charge on any atom is -0.496 e. The second kappa shape index (κ2) is 6.41. The first-order chi connectivity index (χ1) is 12.3. The largest absolute Gasteiger partial charge is 0.496 e. The van der Waals surface area contributed by atoms with Gasteiger partial charge in [0.05, 0.1) is 23.8 Å². The highest BCUT2D eigenvalue weighted by Gasteiger charge is 2.14. The van der Waals surface area contributed by atoms with Crippen molar-refractivity contribution in [3.63, 3.8) is 0 Å². The first kappa shape index (κ1) is 15.4. The highest BCUT2D eigenvalue weighted by molar-refractivity contribution is 5.85. The molecule has 0 unspecified atom stereocenters. The van der Waals surface area contributed by atoms with Gasteiger partial charge in [-0.2, -0.15) is 0 Å². The van der Waals surface area contributed by atoms with Gasteiger partial charge in [-0.1, -0.05) is 24.3 Å². The number of hydrogen-bond acceptors (Lipinski definition) is 5. The van der Waals surface area contributed by atoms with Crippen LogP contribution in [-0.2, 0) is 0 Å². The molecule has 6 heteroatoms. The molecule has 0 spiro atoms. The molecule has 2 aromatic heterocycles. The summed E-state index contributed by atoms with van der Waals surface area (Å²) in [4.78, 5) is 9.52. The number of nitrogens with one attached hydrogen (secondary N) is 1.